The van der Waals surface area contributed by atoms with E-state index in [2.05, 4.69) is 20.0 Å². The van der Waals surface area contributed by atoms with E-state index in [1.54, 1.807) is 0 Å². The Balaban J connectivity index is 1.78. The molecule has 0 saturated carbocycles. The van der Waals surface area contributed by atoms with Crippen LogP contribution < -0.4 is 11.1 Å². The van der Waals surface area contributed by atoms with Gasteiger partial charge in [0.2, 0.25) is 5.71 Å². The number of carbonyl (C=O) groups is 4. The highest BCUT2D eigenvalue weighted by Gasteiger charge is 2.54. The molecule has 0 radical (unpaired) electrons. The summed E-state index contributed by atoms with van der Waals surface area (Å²) < 4.78 is 30.9. The molecule has 1 saturated heterocycles. The molecule has 3 heterocycles. The van der Waals surface area contributed by atoms with Crippen LogP contribution in [-0.2, 0) is 24.0 Å². The van der Waals surface area contributed by atoms with Gasteiger partial charge in [0, 0.05) is 11.3 Å². The van der Waals surface area contributed by atoms with E-state index in [9.17, 15) is 24.3 Å². The van der Waals surface area contributed by atoms with Gasteiger partial charge in [0.25, 0.3) is 11.8 Å². The van der Waals surface area contributed by atoms with Gasteiger partial charge in [-0.2, -0.15) is 0 Å². The molecule has 12 nitrogen and oxygen atoms in total. The average molecular weight is 427 g/mol. The maximum Gasteiger partial charge on any atom is 0.404 e. The van der Waals surface area contributed by atoms with Crippen molar-refractivity contribution in [2.45, 2.75) is 11.4 Å². The number of hydrogen-bond donors (Lipinski definition) is 3. The minimum atomic E-state index is -2.93. The smallest absolute Gasteiger partial charge is 0.404 e. The van der Waals surface area contributed by atoms with Gasteiger partial charge in [0.05, 0.1) is 10.4 Å². The number of furan rings is 1. The topological polar surface area (TPSA) is 174 Å². The van der Waals surface area contributed by atoms with E-state index in [0.29, 0.717) is 0 Å². The Morgan fingerprint density at radius 2 is 2.34 bits per heavy atom. The van der Waals surface area contributed by atoms with Crippen LogP contribution in [0.3, 0.4) is 0 Å². The quantitative estimate of drug-likeness (QED) is 0.293. The Labute approximate surface area is 171 Å². The lowest BCUT2D eigenvalue weighted by atomic mass is 10.0. The number of oxime groups is 1. The first kappa shape index (κ1) is 16.5. The minimum Gasteiger partial charge on any atom is -0.477 e. The largest absolute Gasteiger partial charge is 0.477 e. The van der Waals surface area contributed by atoms with E-state index < -0.39 is 54.6 Å². The first-order valence-electron chi connectivity index (χ1n) is 9.42. The Morgan fingerprint density at radius 1 is 1.55 bits per heavy atom. The summed E-state index contributed by atoms with van der Waals surface area (Å²) >= 11 is 1.13. The van der Waals surface area contributed by atoms with Gasteiger partial charge in [0.15, 0.2) is 5.76 Å². The highest BCUT2D eigenvalue weighted by molar-refractivity contribution is 8.00. The Bertz CT molecular complexity index is 1010. The van der Waals surface area contributed by atoms with Crippen LogP contribution in [0.4, 0.5) is 4.79 Å². The normalized spacial score (nSPS) is 23.2. The maximum atomic E-state index is 12.7. The molecule has 3 amide bonds. The number of nitrogens with one attached hydrogen (secondary N) is 1. The van der Waals surface area contributed by atoms with Crippen molar-refractivity contribution in [3.05, 3.63) is 35.4 Å². The van der Waals surface area contributed by atoms with Crippen LogP contribution in [0.5, 0.6) is 0 Å². The molecule has 29 heavy (non-hydrogen) atoms. The fourth-order valence-corrected chi connectivity index (χ4v) is 4.15. The zero-order valence-corrected chi connectivity index (χ0v) is 15.3. The molecule has 0 aliphatic carbocycles. The molecule has 4 N–H and O–H groups in total. The molecule has 1 fully saturated rings. The summed E-state index contributed by atoms with van der Waals surface area (Å²) in [4.78, 5) is 53.2. The minimum absolute atomic E-state index is 0.0943. The zero-order valence-electron chi connectivity index (χ0n) is 17.5. The number of aliphatic carboxylic acids is 1. The molecule has 13 heteroatoms. The fraction of sp³-hybridized carbons (Fsp3) is 0.312. The lowest BCUT2D eigenvalue weighted by molar-refractivity contribution is -0.150. The molecule has 0 spiro atoms. The standard InChI is InChI=1S/C16H16N4O8S/c1-26-19-9(8-3-2-4-27-8)12(21)18-10-13(22)20-11(15(23)24)7(5-28-16(17)25)6-29-14(10)20/h2-4,10,14H,5-6H2,1H3,(H2,17,25)(H,18,21)(H,23,24)/b19-9-/t10-,14-/m1/s1/i1D3. The number of carboxylic acid groups (broad SMARTS) is 1. The van der Waals surface area contributed by atoms with E-state index in [4.69, 9.17) is 14.3 Å². The first-order valence-corrected chi connectivity index (χ1v) is 8.97. The Hall–Kier alpha value is -3.48. The third-order valence-electron chi connectivity index (χ3n) is 4.03. The second-order valence-corrected chi connectivity index (χ2v) is 6.84. The van der Waals surface area contributed by atoms with Gasteiger partial charge in [0.1, 0.15) is 30.8 Å². The molecule has 0 aromatic carbocycles. The van der Waals surface area contributed by atoms with Gasteiger partial charge in [-0.15, -0.1) is 11.8 Å². The number of amides is 3. The molecule has 1 aromatic heterocycles. The summed E-state index contributed by atoms with van der Waals surface area (Å²) in [5.74, 6) is -3.13. The van der Waals surface area contributed by atoms with E-state index in [-0.39, 0.29) is 22.8 Å². The number of hydrogen-bond acceptors (Lipinski definition) is 9. The van der Waals surface area contributed by atoms with Gasteiger partial charge in [-0.3, -0.25) is 14.5 Å². The highest BCUT2D eigenvalue weighted by atomic mass is 32.2. The van der Waals surface area contributed by atoms with Crippen molar-refractivity contribution in [1.29, 1.82) is 0 Å². The van der Waals surface area contributed by atoms with Crippen molar-refractivity contribution in [1.82, 2.24) is 10.2 Å². The van der Waals surface area contributed by atoms with Gasteiger partial charge in [-0.25, -0.2) is 9.59 Å². The van der Waals surface area contributed by atoms with Crippen LogP contribution in [0.25, 0.3) is 0 Å². The van der Waals surface area contributed by atoms with Crippen molar-refractivity contribution in [2.24, 2.45) is 10.9 Å². The number of rotatable bonds is 7. The van der Waals surface area contributed by atoms with Gasteiger partial charge in [-0.1, -0.05) is 5.16 Å². The summed E-state index contributed by atoms with van der Waals surface area (Å²) in [7, 11) is -2.93. The average Bonchev–Trinajstić information content (AvgIpc) is 3.23. The maximum absolute atomic E-state index is 12.7. The van der Waals surface area contributed by atoms with E-state index >= 15 is 0 Å². The molecule has 3 rings (SSSR count). The number of nitrogens with zero attached hydrogens (tertiary/aromatic N) is 2. The number of carboxylic acids is 1. The third kappa shape index (κ3) is 3.89. The summed E-state index contributed by atoms with van der Waals surface area (Å²) in [5.41, 5.74) is 4.18. The van der Waals surface area contributed by atoms with E-state index in [0.717, 1.165) is 16.7 Å². The van der Waals surface area contributed by atoms with Crippen molar-refractivity contribution >= 4 is 41.4 Å². The number of ether oxygens (including phenoxy) is 1. The van der Waals surface area contributed by atoms with Crippen LogP contribution >= 0.6 is 11.8 Å². The number of β-lactam (4-membered cyclic amide) rings is 1. The van der Waals surface area contributed by atoms with Crippen LogP contribution in [-0.4, -0.2) is 70.4 Å². The molecule has 154 valence electrons. The predicted molar refractivity (Wildman–Crippen MR) is 97.5 cm³/mol. The second kappa shape index (κ2) is 8.26. The molecule has 2 aliphatic heterocycles. The highest BCUT2D eigenvalue weighted by Crippen LogP contribution is 2.40. The van der Waals surface area contributed by atoms with Crippen LogP contribution in [0, 0.1) is 0 Å². The Kier molecular flexibility index (Phi) is 4.69. The first-order chi connectivity index (χ1) is 15.0. The summed E-state index contributed by atoms with van der Waals surface area (Å²) in [6.07, 6.45) is 0.124. The van der Waals surface area contributed by atoms with Crippen molar-refractivity contribution in [3.63, 3.8) is 0 Å². The Morgan fingerprint density at radius 3 is 2.97 bits per heavy atom. The zero-order chi connectivity index (χ0) is 23.6. The van der Waals surface area contributed by atoms with Crippen LogP contribution in [0.15, 0.2) is 39.2 Å². The van der Waals surface area contributed by atoms with Crippen LogP contribution in [0.1, 0.15) is 9.87 Å². The van der Waals surface area contributed by atoms with E-state index in [1.807, 2.05) is 0 Å². The van der Waals surface area contributed by atoms with Crippen molar-refractivity contribution in [3.8, 4) is 0 Å². The SMILES string of the molecule is [2H]C([2H])([2H])O/N=C(\C(=O)N[C@@H]1C(=O)N2C(C(=O)O)=C(COC(N)=O)CS[C@H]12)c1ccco1. The van der Waals surface area contributed by atoms with Gasteiger partial charge >= 0.3 is 12.1 Å². The fourth-order valence-electron chi connectivity index (χ4n) is 2.82. The predicted octanol–water partition coefficient (Wildman–Crippen LogP) is -0.536. The summed E-state index contributed by atoms with van der Waals surface area (Å²) in [6.45, 7) is -0.404. The molecule has 1 aromatic rings. The second-order valence-electron chi connectivity index (χ2n) is 5.73. The molecule has 2 aliphatic rings. The molecular formula is C16H16N4O8S. The number of carbonyl (C=O) groups excluding carboxylic acids is 3. The van der Waals surface area contributed by atoms with Crippen molar-refractivity contribution < 1.29 is 42.4 Å². The summed E-state index contributed by atoms with van der Waals surface area (Å²) in [5, 5.41) is 14.5. The lowest BCUT2D eigenvalue weighted by Crippen LogP contribution is -2.71. The number of fused-ring (bicyclic) bond motifs is 1. The van der Waals surface area contributed by atoms with Crippen LogP contribution in [0.2, 0.25) is 0 Å². The number of nitrogens with two attached hydrogens (primary N) is 1. The lowest BCUT2D eigenvalue weighted by Gasteiger charge is -2.49. The van der Waals surface area contributed by atoms with Gasteiger partial charge < -0.3 is 30.1 Å². The molecule has 0 unspecified atom stereocenters. The number of thioether (sulfide) groups is 1. The monoisotopic (exact) mass is 427 g/mol. The van der Waals surface area contributed by atoms with Crippen molar-refractivity contribution in [2.75, 3.05) is 19.4 Å². The third-order valence-corrected chi connectivity index (χ3v) is 5.37. The van der Waals surface area contributed by atoms with Gasteiger partial charge in [-0.05, 0) is 12.1 Å². The molecular weight excluding hydrogens is 408 g/mol. The summed E-state index contributed by atoms with van der Waals surface area (Å²) in [6, 6.07) is 1.63. The number of primary amides is 1. The molecule has 0 bridgehead atoms. The molecule has 2 atom stereocenters. The van der Waals surface area contributed by atoms with E-state index in [1.165, 1.54) is 18.4 Å².